The van der Waals surface area contributed by atoms with Crippen molar-refractivity contribution in [3.8, 4) is 5.69 Å². The number of aromatic nitrogens is 3. The summed E-state index contributed by atoms with van der Waals surface area (Å²) in [4.78, 5) is 39.8. The lowest BCUT2D eigenvalue weighted by molar-refractivity contribution is -0.130. The molecular formula is C23H25N5O3. The monoisotopic (exact) mass is 419 g/mol. The van der Waals surface area contributed by atoms with Gasteiger partial charge in [0.25, 0.3) is 5.91 Å². The molecule has 8 nitrogen and oxygen atoms in total. The molecule has 2 aromatic heterocycles. The average Bonchev–Trinajstić information content (AvgIpc) is 3.33. The van der Waals surface area contributed by atoms with Crippen molar-refractivity contribution in [2.24, 2.45) is 7.05 Å². The molecule has 1 fully saturated rings. The Kier molecular flexibility index (Phi) is 4.80. The summed E-state index contributed by atoms with van der Waals surface area (Å²) in [5.41, 5.74) is 3.58. The molecule has 1 aliphatic rings. The van der Waals surface area contributed by atoms with Crippen molar-refractivity contribution in [2.45, 2.75) is 33.2 Å². The number of hydrogen-bond acceptors (Lipinski definition) is 4. The van der Waals surface area contributed by atoms with Crippen LogP contribution in [0.25, 0.3) is 5.69 Å². The van der Waals surface area contributed by atoms with E-state index in [-0.39, 0.29) is 12.3 Å². The van der Waals surface area contributed by atoms with Gasteiger partial charge in [-0.25, -0.2) is 4.79 Å². The number of hydrogen-bond donors (Lipinski definition) is 1. The molecule has 31 heavy (non-hydrogen) atoms. The summed E-state index contributed by atoms with van der Waals surface area (Å²) in [5, 5.41) is 6.79. The quantitative estimate of drug-likeness (QED) is 0.509. The van der Waals surface area contributed by atoms with Gasteiger partial charge in [0, 0.05) is 41.4 Å². The maximum atomic E-state index is 13.1. The number of benzene rings is 1. The lowest BCUT2D eigenvalue weighted by Crippen LogP contribution is -2.41. The van der Waals surface area contributed by atoms with Crippen LogP contribution in [0, 0.1) is 20.8 Å². The van der Waals surface area contributed by atoms with Crippen molar-refractivity contribution in [1.29, 1.82) is 0 Å². The van der Waals surface area contributed by atoms with Crippen LogP contribution < -0.4 is 5.32 Å². The van der Waals surface area contributed by atoms with E-state index in [0.717, 1.165) is 27.5 Å². The highest BCUT2D eigenvalue weighted by atomic mass is 16.2. The van der Waals surface area contributed by atoms with E-state index >= 15 is 0 Å². The van der Waals surface area contributed by atoms with Crippen molar-refractivity contribution in [3.05, 3.63) is 70.8 Å². The van der Waals surface area contributed by atoms with E-state index in [4.69, 9.17) is 0 Å². The van der Waals surface area contributed by atoms with E-state index in [0.29, 0.717) is 11.1 Å². The van der Waals surface area contributed by atoms with Gasteiger partial charge < -0.3 is 9.88 Å². The van der Waals surface area contributed by atoms with Gasteiger partial charge in [-0.15, -0.1) is 0 Å². The van der Waals surface area contributed by atoms with Crippen LogP contribution in [0.15, 0.2) is 42.7 Å². The van der Waals surface area contributed by atoms with Crippen molar-refractivity contribution >= 4 is 17.7 Å². The van der Waals surface area contributed by atoms with Gasteiger partial charge in [0.2, 0.25) is 0 Å². The third-order valence-electron chi connectivity index (χ3n) is 5.85. The smallest absolute Gasteiger partial charge is 0.319 e. The van der Waals surface area contributed by atoms with Gasteiger partial charge >= 0.3 is 6.03 Å². The molecule has 3 heterocycles. The highest BCUT2D eigenvalue weighted by Crippen LogP contribution is 2.29. The van der Waals surface area contributed by atoms with Gasteiger partial charge in [0.15, 0.2) is 5.78 Å². The Hall–Kier alpha value is -3.68. The molecule has 0 saturated carbocycles. The predicted octanol–water partition coefficient (Wildman–Crippen LogP) is 2.79. The molecule has 1 aromatic carbocycles. The summed E-state index contributed by atoms with van der Waals surface area (Å²) >= 11 is 0. The molecular weight excluding hydrogens is 394 g/mol. The lowest BCUT2D eigenvalue weighted by atomic mass is 9.95. The average molecular weight is 419 g/mol. The second kappa shape index (κ2) is 7.23. The first kappa shape index (κ1) is 20.6. The molecule has 0 bridgehead atoms. The number of amides is 3. The summed E-state index contributed by atoms with van der Waals surface area (Å²) in [6, 6.07) is 9.23. The van der Waals surface area contributed by atoms with Crippen LogP contribution in [0.2, 0.25) is 0 Å². The summed E-state index contributed by atoms with van der Waals surface area (Å²) in [6.45, 7) is 7.12. The van der Waals surface area contributed by atoms with Gasteiger partial charge in [-0.2, -0.15) is 5.10 Å². The first-order valence-corrected chi connectivity index (χ1v) is 10.0. The number of Topliss-reactive ketones (excluding diaryl/α,β-unsaturated/α-hetero) is 1. The van der Waals surface area contributed by atoms with Crippen LogP contribution in [0.4, 0.5) is 4.79 Å². The maximum Gasteiger partial charge on any atom is 0.325 e. The number of urea groups is 1. The number of carbonyl (C=O) groups is 3. The fraction of sp³-hybridized carbons (Fsp3) is 0.304. The minimum Gasteiger partial charge on any atom is -0.319 e. The Morgan fingerprint density at radius 2 is 1.90 bits per heavy atom. The normalized spacial score (nSPS) is 18.5. The summed E-state index contributed by atoms with van der Waals surface area (Å²) in [7, 11) is 1.74. The zero-order chi connectivity index (χ0) is 22.5. The zero-order valence-electron chi connectivity index (χ0n) is 18.3. The fourth-order valence-corrected chi connectivity index (χ4v) is 4.15. The van der Waals surface area contributed by atoms with Crippen LogP contribution in [0.1, 0.15) is 39.8 Å². The highest BCUT2D eigenvalue weighted by molar-refractivity contribution is 6.11. The number of ketones is 1. The van der Waals surface area contributed by atoms with Gasteiger partial charge in [-0.3, -0.25) is 19.2 Å². The van der Waals surface area contributed by atoms with Crippen molar-refractivity contribution in [1.82, 2.24) is 24.6 Å². The molecule has 1 atom stereocenters. The van der Waals surface area contributed by atoms with E-state index < -0.39 is 17.5 Å². The number of nitrogens with one attached hydrogen (secondary N) is 1. The fourth-order valence-electron chi connectivity index (χ4n) is 4.15. The molecule has 0 unspecified atom stereocenters. The second-order valence-corrected chi connectivity index (χ2v) is 8.23. The zero-order valence-corrected chi connectivity index (χ0v) is 18.3. The molecule has 3 aromatic rings. The first-order valence-electron chi connectivity index (χ1n) is 10.0. The summed E-state index contributed by atoms with van der Waals surface area (Å²) < 4.78 is 3.57. The number of aryl methyl sites for hydroxylation is 3. The lowest BCUT2D eigenvalue weighted by Gasteiger charge is -2.19. The van der Waals surface area contributed by atoms with Crippen LogP contribution >= 0.6 is 0 Å². The molecule has 8 heteroatoms. The third-order valence-corrected chi connectivity index (χ3v) is 5.85. The van der Waals surface area contributed by atoms with E-state index in [1.165, 1.54) is 0 Å². The Morgan fingerprint density at radius 1 is 1.16 bits per heavy atom. The molecule has 0 aliphatic carbocycles. The summed E-state index contributed by atoms with van der Waals surface area (Å²) in [6.07, 6.45) is 3.22. The molecule has 3 amide bonds. The first-order chi connectivity index (χ1) is 14.6. The molecule has 1 N–H and O–H groups in total. The van der Waals surface area contributed by atoms with Gasteiger partial charge in [0.1, 0.15) is 5.54 Å². The van der Waals surface area contributed by atoms with Crippen molar-refractivity contribution in [3.63, 3.8) is 0 Å². The molecule has 1 aliphatic heterocycles. The Bertz CT molecular complexity index is 1220. The topological polar surface area (TPSA) is 89.2 Å². The van der Waals surface area contributed by atoms with Crippen LogP contribution in [0.3, 0.4) is 0 Å². The van der Waals surface area contributed by atoms with Crippen LogP contribution in [0.5, 0.6) is 0 Å². The van der Waals surface area contributed by atoms with E-state index in [9.17, 15) is 14.4 Å². The Balaban J connectivity index is 1.61. The maximum absolute atomic E-state index is 13.1. The third kappa shape index (κ3) is 3.34. The Labute approximate surface area is 180 Å². The van der Waals surface area contributed by atoms with Crippen LogP contribution in [-0.4, -0.2) is 43.5 Å². The molecule has 4 rings (SSSR count). The van der Waals surface area contributed by atoms with Crippen molar-refractivity contribution < 1.29 is 14.4 Å². The van der Waals surface area contributed by atoms with Gasteiger partial charge in [0.05, 0.1) is 12.7 Å². The molecule has 0 spiro atoms. The number of carbonyl (C=O) groups excluding carboxylic acids is 3. The van der Waals surface area contributed by atoms with E-state index in [1.54, 1.807) is 37.1 Å². The minimum atomic E-state index is -1.25. The highest BCUT2D eigenvalue weighted by Gasteiger charge is 2.50. The van der Waals surface area contributed by atoms with E-state index in [2.05, 4.69) is 10.4 Å². The summed E-state index contributed by atoms with van der Waals surface area (Å²) in [5.74, 6) is -0.753. The SMILES string of the molecule is Cc1cccc(-n2c(C)cc(C(=O)CN3C(=O)N[C@@](C)(c4cnn(C)c4)C3=O)c2C)c1. The standard InChI is InChI=1S/C23H25N5O3/c1-14-7-6-8-18(9-14)28-15(2)10-19(16(28)3)20(29)13-27-21(30)23(4,25-22(27)31)17-11-24-26(5)12-17/h6-12H,13H2,1-5H3,(H,25,31)/t23-/m0/s1. The van der Waals surface area contributed by atoms with Crippen LogP contribution in [-0.2, 0) is 17.4 Å². The van der Waals surface area contributed by atoms with Crippen molar-refractivity contribution in [2.75, 3.05) is 6.54 Å². The molecule has 0 radical (unpaired) electrons. The molecule has 1 saturated heterocycles. The minimum absolute atomic E-state index is 0.286. The van der Waals surface area contributed by atoms with E-state index in [1.807, 2.05) is 49.6 Å². The predicted molar refractivity (Wildman–Crippen MR) is 115 cm³/mol. The Morgan fingerprint density at radius 3 is 2.55 bits per heavy atom. The van der Waals surface area contributed by atoms with Gasteiger partial charge in [-0.05, 0) is 51.5 Å². The number of rotatable bonds is 5. The molecule has 160 valence electrons. The largest absolute Gasteiger partial charge is 0.325 e. The number of imide groups is 1. The second-order valence-electron chi connectivity index (χ2n) is 8.23. The van der Waals surface area contributed by atoms with Gasteiger partial charge in [-0.1, -0.05) is 12.1 Å². The number of nitrogens with zero attached hydrogens (tertiary/aromatic N) is 4.